The molecular weight excluding hydrogens is 182 g/mol. The molecule has 2 aromatic rings. The maximum Gasteiger partial charge on any atom is 0.132 e. The summed E-state index contributed by atoms with van der Waals surface area (Å²) in [6, 6.07) is 1.95. The van der Waals surface area contributed by atoms with Crippen molar-refractivity contribution < 1.29 is 0 Å². The number of rotatable bonds is 1. The third kappa shape index (κ3) is 1.40. The Morgan fingerprint density at radius 2 is 2.31 bits per heavy atom. The van der Waals surface area contributed by atoms with E-state index in [1.807, 2.05) is 19.2 Å². The fourth-order valence-corrected chi connectivity index (χ4v) is 1.98. The van der Waals surface area contributed by atoms with Gasteiger partial charge < -0.3 is 5.73 Å². The molecule has 0 unspecified atom stereocenters. The Labute approximate surface area is 80.3 Å². The van der Waals surface area contributed by atoms with Crippen molar-refractivity contribution in [2.75, 3.05) is 5.73 Å². The highest BCUT2D eigenvalue weighted by Gasteiger charge is 2.07. The summed E-state index contributed by atoms with van der Waals surface area (Å²) in [7, 11) is 0. The summed E-state index contributed by atoms with van der Waals surface area (Å²) in [5.74, 6) is 0.573. The number of nitrogen functional groups attached to an aromatic ring is 1. The molecule has 0 aromatic carbocycles. The lowest BCUT2D eigenvalue weighted by atomic mass is 10.1. The smallest absolute Gasteiger partial charge is 0.132 e. The van der Waals surface area contributed by atoms with E-state index in [-0.39, 0.29) is 0 Å². The van der Waals surface area contributed by atoms with Gasteiger partial charge in [-0.15, -0.1) is 11.3 Å². The van der Waals surface area contributed by atoms with Crippen molar-refractivity contribution in [3.05, 3.63) is 29.5 Å². The molecule has 4 heteroatoms. The van der Waals surface area contributed by atoms with Crippen LogP contribution in [0, 0.1) is 6.92 Å². The number of hydrogen-bond donors (Lipinski definition) is 1. The summed E-state index contributed by atoms with van der Waals surface area (Å²) < 4.78 is 0. The van der Waals surface area contributed by atoms with Crippen molar-refractivity contribution in [1.29, 1.82) is 0 Å². The topological polar surface area (TPSA) is 51.8 Å². The molecule has 0 atom stereocenters. The van der Waals surface area contributed by atoms with Crippen LogP contribution in [0.15, 0.2) is 24.0 Å². The number of aromatic nitrogens is 2. The van der Waals surface area contributed by atoms with Crippen LogP contribution in [0.5, 0.6) is 0 Å². The van der Waals surface area contributed by atoms with Gasteiger partial charge >= 0.3 is 0 Å². The summed E-state index contributed by atoms with van der Waals surface area (Å²) in [5, 5.41) is 0. The van der Waals surface area contributed by atoms with Gasteiger partial charge in [-0.3, -0.25) is 4.98 Å². The van der Waals surface area contributed by atoms with E-state index >= 15 is 0 Å². The van der Waals surface area contributed by atoms with Crippen molar-refractivity contribution in [3.8, 4) is 10.4 Å². The Morgan fingerprint density at radius 3 is 2.92 bits per heavy atom. The van der Waals surface area contributed by atoms with Crippen LogP contribution in [0.3, 0.4) is 0 Å². The Morgan fingerprint density at radius 1 is 1.46 bits per heavy atom. The average Bonchev–Trinajstić information content (AvgIpc) is 2.57. The van der Waals surface area contributed by atoms with E-state index in [2.05, 4.69) is 9.97 Å². The first-order chi connectivity index (χ1) is 6.29. The third-order valence-electron chi connectivity index (χ3n) is 1.87. The molecular formula is C9H9N3S. The Hall–Kier alpha value is -1.42. The Kier molecular flexibility index (Phi) is 1.98. The maximum atomic E-state index is 5.78. The highest BCUT2D eigenvalue weighted by molar-refractivity contribution is 7.13. The van der Waals surface area contributed by atoms with E-state index in [0.29, 0.717) is 5.82 Å². The van der Waals surface area contributed by atoms with Crippen LogP contribution in [0.4, 0.5) is 5.82 Å². The molecule has 0 saturated carbocycles. The van der Waals surface area contributed by atoms with Gasteiger partial charge in [0.25, 0.3) is 0 Å². The lowest BCUT2D eigenvalue weighted by Crippen LogP contribution is -1.94. The first-order valence-corrected chi connectivity index (χ1v) is 4.77. The van der Waals surface area contributed by atoms with Crippen molar-refractivity contribution in [3.63, 3.8) is 0 Å². The summed E-state index contributed by atoms with van der Waals surface area (Å²) in [6.45, 7) is 2.02. The average molecular weight is 191 g/mol. The standard InChI is InChI=1S/C9H9N3S/c1-6-2-3-12-9(10)8(6)7-4-11-5-13-7/h2-5H,1H3,(H2,10,12). The molecule has 0 spiro atoms. The molecule has 2 rings (SSSR count). The van der Waals surface area contributed by atoms with Gasteiger partial charge in [0, 0.05) is 18.0 Å². The molecule has 13 heavy (non-hydrogen) atoms. The van der Waals surface area contributed by atoms with E-state index in [4.69, 9.17) is 5.73 Å². The van der Waals surface area contributed by atoms with Crippen LogP contribution in [-0.4, -0.2) is 9.97 Å². The predicted octanol–water partition coefficient (Wildman–Crippen LogP) is 2.10. The van der Waals surface area contributed by atoms with Crippen LogP contribution >= 0.6 is 11.3 Å². The number of hydrogen-bond acceptors (Lipinski definition) is 4. The van der Waals surface area contributed by atoms with Gasteiger partial charge in [-0.2, -0.15) is 0 Å². The largest absolute Gasteiger partial charge is 0.383 e. The van der Waals surface area contributed by atoms with Gasteiger partial charge in [0.15, 0.2) is 0 Å². The first kappa shape index (κ1) is 8.19. The minimum Gasteiger partial charge on any atom is -0.383 e. The highest BCUT2D eigenvalue weighted by Crippen LogP contribution is 2.30. The van der Waals surface area contributed by atoms with Crippen LogP contribution in [0.25, 0.3) is 10.4 Å². The minimum absolute atomic E-state index is 0.573. The van der Waals surface area contributed by atoms with Crippen molar-refractivity contribution in [1.82, 2.24) is 9.97 Å². The lowest BCUT2D eigenvalue weighted by Gasteiger charge is -2.04. The summed E-state index contributed by atoms with van der Waals surface area (Å²) in [5.41, 5.74) is 9.71. The summed E-state index contributed by atoms with van der Waals surface area (Å²) in [4.78, 5) is 9.14. The van der Waals surface area contributed by atoms with E-state index < -0.39 is 0 Å². The molecule has 0 aliphatic heterocycles. The Bertz CT molecular complexity index is 389. The lowest BCUT2D eigenvalue weighted by molar-refractivity contribution is 1.30. The molecule has 2 N–H and O–H groups in total. The zero-order valence-corrected chi connectivity index (χ0v) is 8.01. The number of anilines is 1. The first-order valence-electron chi connectivity index (χ1n) is 3.89. The molecule has 0 aliphatic carbocycles. The van der Waals surface area contributed by atoms with Crippen LogP contribution in [-0.2, 0) is 0 Å². The molecule has 0 radical (unpaired) electrons. The van der Waals surface area contributed by atoms with Crippen molar-refractivity contribution in [2.24, 2.45) is 0 Å². The molecule has 3 nitrogen and oxygen atoms in total. The summed E-state index contributed by atoms with van der Waals surface area (Å²) >= 11 is 1.57. The van der Waals surface area contributed by atoms with Crippen molar-refractivity contribution >= 4 is 17.2 Å². The fourth-order valence-electron chi connectivity index (χ4n) is 1.24. The molecule has 2 aromatic heterocycles. The van der Waals surface area contributed by atoms with Crippen molar-refractivity contribution in [2.45, 2.75) is 6.92 Å². The quantitative estimate of drug-likeness (QED) is 0.751. The Balaban J connectivity index is 2.64. The number of nitrogens with two attached hydrogens (primary N) is 1. The SMILES string of the molecule is Cc1ccnc(N)c1-c1cncs1. The summed E-state index contributed by atoms with van der Waals surface area (Å²) in [6.07, 6.45) is 3.53. The van der Waals surface area contributed by atoms with Gasteiger partial charge in [0.2, 0.25) is 0 Å². The van der Waals surface area contributed by atoms with Gasteiger partial charge in [0.05, 0.1) is 10.4 Å². The van der Waals surface area contributed by atoms with E-state index in [1.54, 1.807) is 23.0 Å². The van der Waals surface area contributed by atoms with Gasteiger partial charge in [-0.1, -0.05) is 0 Å². The molecule has 0 saturated heterocycles. The molecule has 0 aliphatic rings. The fraction of sp³-hybridized carbons (Fsp3) is 0.111. The minimum atomic E-state index is 0.573. The number of aryl methyl sites for hydroxylation is 1. The van der Waals surface area contributed by atoms with E-state index in [9.17, 15) is 0 Å². The predicted molar refractivity (Wildman–Crippen MR) is 54.5 cm³/mol. The molecule has 66 valence electrons. The monoisotopic (exact) mass is 191 g/mol. The van der Waals surface area contributed by atoms with E-state index in [1.165, 1.54) is 0 Å². The number of nitrogens with zero attached hydrogens (tertiary/aromatic N) is 2. The second kappa shape index (κ2) is 3.14. The van der Waals surface area contributed by atoms with Gasteiger partial charge in [-0.05, 0) is 18.6 Å². The second-order valence-corrected chi connectivity index (χ2v) is 3.64. The zero-order valence-electron chi connectivity index (χ0n) is 7.19. The zero-order chi connectivity index (χ0) is 9.26. The number of pyridine rings is 1. The molecule has 2 heterocycles. The third-order valence-corrected chi connectivity index (χ3v) is 2.66. The van der Waals surface area contributed by atoms with Gasteiger partial charge in [-0.25, -0.2) is 4.98 Å². The van der Waals surface area contributed by atoms with Crippen LogP contribution in [0.1, 0.15) is 5.56 Å². The molecule has 0 amide bonds. The maximum absolute atomic E-state index is 5.78. The normalized spacial score (nSPS) is 10.2. The highest BCUT2D eigenvalue weighted by atomic mass is 32.1. The second-order valence-electron chi connectivity index (χ2n) is 2.75. The van der Waals surface area contributed by atoms with Crippen LogP contribution < -0.4 is 5.73 Å². The van der Waals surface area contributed by atoms with Crippen LogP contribution in [0.2, 0.25) is 0 Å². The number of thiazole rings is 1. The molecule has 0 bridgehead atoms. The van der Waals surface area contributed by atoms with Gasteiger partial charge in [0.1, 0.15) is 5.82 Å². The molecule has 0 fully saturated rings. The van der Waals surface area contributed by atoms with E-state index in [0.717, 1.165) is 16.0 Å².